The van der Waals surface area contributed by atoms with Gasteiger partial charge in [-0.25, -0.2) is 9.18 Å². The van der Waals surface area contributed by atoms with Crippen LogP contribution in [-0.2, 0) is 0 Å². The second kappa shape index (κ2) is 5.69. The third kappa shape index (κ3) is 3.03. The number of hydrogen-bond donors (Lipinski definition) is 3. The molecule has 2 rings (SSSR count). The van der Waals surface area contributed by atoms with Crippen LogP contribution in [0.1, 0.15) is 43.5 Å². The van der Waals surface area contributed by atoms with Gasteiger partial charge >= 0.3 is 5.97 Å². The van der Waals surface area contributed by atoms with Crippen LogP contribution in [0.2, 0.25) is 0 Å². The molecular formula is C15H21FN2O2. The first-order valence-corrected chi connectivity index (χ1v) is 6.97. The Hall–Kier alpha value is -1.78. The van der Waals surface area contributed by atoms with E-state index in [4.69, 9.17) is 10.8 Å². The summed E-state index contributed by atoms with van der Waals surface area (Å²) in [6.07, 6.45) is 3.29. The third-order valence-corrected chi connectivity index (χ3v) is 4.14. The molecule has 4 N–H and O–H groups in total. The molecule has 4 nitrogen and oxygen atoms in total. The van der Waals surface area contributed by atoms with E-state index in [1.54, 1.807) is 0 Å². The molecule has 1 aromatic rings. The molecule has 5 heteroatoms. The number of nitrogen functional groups attached to an aromatic ring is 1. The van der Waals surface area contributed by atoms with Crippen molar-refractivity contribution in [1.29, 1.82) is 0 Å². The number of aromatic carboxylic acids is 1. The SMILES string of the molecule is CC1CCC(Nc2cc(F)c(C(=O)O)cc2N)C(C)C1. The summed E-state index contributed by atoms with van der Waals surface area (Å²) in [6.45, 7) is 4.41. The van der Waals surface area contributed by atoms with E-state index in [1.165, 1.54) is 12.1 Å². The quantitative estimate of drug-likeness (QED) is 0.742. The van der Waals surface area contributed by atoms with Crippen molar-refractivity contribution in [3.05, 3.63) is 23.5 Å². The molecule has 3 atom stereocenters. The molecule has 1 fully saturated rings. The van der Waals surface area contributed by atoms with Gasteiger partial charge in [-0.05, 0) is 43.2 Å². The first-order chi connectivity index (χ1) is 9.38. The van der Waals surface area contributed by atoms with E-state index >= 15 is 0 Å². The number of carbonyl (C=O) groups is 1. The van der Waals surface area contributed by atoms with Gasteiger partial charge in [0.15, 0.2) is 0 Å². The number of rotatable bonds is 3. The van der Waals surface area contributed by atoms with E-state index < -0.39 is 17.3 Å². The summed E-state index contributed by atoms with van der Waals surface area (Å²) in [4.78, 5) is 10.8. The van der Waals surface area contributed by atoms with Gasteiger partial charge < -0.3 is 16.2 Å². The van der Waals surface area contributed by atoms with Crippen LogP contribution >= 0.6 is 0 Å². The molecule has 0 heterocycles. The summed E-state index contributed by atoms with van der Waals surface area (Å²) >= 11 is 0. The minimum Gasteiger partial charge on any atom is -0.478 e. The summed E-state index contributed by atoms with van der Waals surface area (Å²) in [6, 6.07) is 2.61. The van der Waals surface area contributed by atoms with Gasteiger partial charge in [0.25, 0.3) is 0 Å². The molecular weight excluding hydrogens is 259 g/mol. The topological polar surface area (TPSA) is 75.3 Å². The van der Waals surface area contributed by atoms with Gasteiger partial charge in [-0.3, -0.25) is 0 Å². The molecule has 0 spiro atoms. The summed E-state index contributed by atoms with van der Waals surface area (Å²) in [7, 11) is 0. The fourth-order valence-corrected chi connectivity index (χ4v) is 2.96. The minimum atomic E-state index is -1.30. The number of anilines is 2. The molecule has 0 aromatic heterocycles. The zero-order valence-corrected chi connectivity index (χ0v) is 11.8. The Balaban J connectivity index is 2.18. The van der Waals surface area contributed by atoms with E-state index in [2.05, 4.69) is 19.2 Å². The van der Waals surface area contributed by atoms with Crippen molar-refractivity contribution in [2.45, 2.75) is 39.2 Å². The molecule has 0 radical (unpaired) electrons. The average Bonchev–Trinajstić information content (AvgIpc) is 2.36. The number of carboxylic acids is 1. The number of halogens is 1. The van der Waals surface area contributed by atoms with Gasteiger partial charge in [-0.2, -0.15) is 0 Å². The van der Waals surface area contributed by atoms with Crippen molar-refractivity contribution < 1.29 is 14.3 Å². The number of nitrogens with two attached hydrogens (primary N) is 1. The molecule has 0 bridgehead atoms. The third-order valence-electron chi connectivity index (χ3n) is 4.14. The van der Waals surface area contributed by atoms with Crippen molar-refractivity contribution >= 4 is 17.3 Å². The number of benzene rings is 1. The standard InChI is InChI=1S/C15H21FN2O2/c1-8-3-4-13(9(2)5-8)18-14-7-11(16)10(15(19)20)6-12(14)17/h6-9,13,18H,3-5,17H2,1-2H3,(H,19,20). The second-order valence-corrected chi connectivity index (χ2v) is 5.87. The maximum absolute atomic E-state index is 13.7. The molecule has 3 unspecified atom stereocenters. The van der Waals surface area contributed by atoms with Gasteiger partial charge in [0.2, 0.25) is 0 Å². The first-order valence-electron chi connectivity index (χ1n) is 6.97. The minimum absolute atomic E-state index is 0.253. The highest BCUT2D eigenvalue weighted by molar-refractivity contribution is 5.90. The Morgan fingerprint density at radius 2 is 2.10 bits per heavy atom. The summed E-state index contributed by atoms with van der Waals surface area (Å²) < 4.78 is 13.7. The molecule has 110 valence electrons. The van der Waals surface area contributed by atoms with Gasteiger partial charge in [0.05, 0.1) is 16.9 Å². The molecule has 1 aliphatic carbocycles. The van der Waals surface area contributed by atoms with E-state index in [-0.39, 0.29) is 11.7 Å². The molecule has 0 aliphatic heterocycles. The van der Waals surface area contributed by atoms with Gasteiger partial charge in [-0.15, -0.1) is 0 Å². The highest BCUT2D eigenvalue weighted by Crippen LogP contribution is 2.32. The van der Waals surface area contributed by atoms with Crippen LogP contribution in [-0.4, -0.2) is 17.1 Å². The molecule has 1 aliphatic rings. The van der Waals surface area contributed by atoms with E-state index in [9.17, 15) is 9.18 Å². The first kappa shape index (κ1) is 14.6. The molecule has 0 amide bonds. The van der Waals surface area contributed by atoms with E-state index in [0.29, 0.717) is 17.5 Å². The average molecular weight is 280 g/mol. The van der Waals surface area contributed by atoms with Crippen molar-refractivity contribution in [3.63, 3.8) is 0 Å². The smallest absolute Gasteiger partial charge is 0.338 e. The fourth-order valence-electron chi connectivity index (χ4n) is 2.96. The Morgan fingerprint density at radius 3 is 2.70 bits per heavy atom. The highest BCUT2D eigenvalue weighted by Gasteiger charge is 2.26. The lowest BCUT2D eigenvalue weighted by atomic mass is 9.80. The predicted molar refractivity (Wildman–Crippen MR) is 77.4 cm³/mol. The number of hydrogen-bond acceptors (Lipinski definition) is 3. The van der Waals surface area contributed by atoms with Crippen molar-refractivity contribution in [2.75, 3.05) is 11.1 Å². The molecule has 20 heavy (non-hydrogen) atoms. The highest BCUT2D eigenvalue weighted by atomic mass is 19.1. The largest absolute Gasteiger partial charge is 0.478 e. The van der Waals surface area contributed by atoms with Crippen molar-refractivity contribution in [3.8, 4) is 0 Å². The summed E-state index contributed by atoms with van der Waals surface area (Å²) in [5.41, 5.74) is 6.19. The monoisotopic (exact) mass is 280 g/mol. The van der Waals surface area contributed by atoms with E-state index in [1.807, 2.05) is 0 Å². The Bertz CT molecular complexity index is 519. The van der Waals surface area contributed by atoms with Crippen molar-refractivity contribution in [2.24, 2.45) is 11.8 Å². The van der Waals surface area contributed by atoms with Gasteiger partial charge in [0.1, 0.15) is 5.82 Å². The predicted octanol–water partition coefficient (Wildman–Crippen LogP) is 3.34. The number of nitrogens with one attached hydrogen (secondary N) is 1. The lowest BCUT2D eigenvalue weighted by Gasteiger charge is -2.34. The van der Waals surface area contributed by atoms with Gasteiger partial charge in [-0.1, -0.05) is 13.8 Å². The lowest BCUT2D eigenvalue weighted by Crippen LogP contribution is -2.33. The second-order valence-electron chi connectivity index (χ2n) is 5.87. The maximum Gasteiger partial charge on any atom is 0.338 e. The normalized spacial score (nSPS) is 26.2. The van der Waals surface area contributed by atoms with Crippen LogP contribution in [0.15, 0.2) is 12.1 Å². The molecule has 1 aromatic carbocycles. The fraction of sp³-hybridized carbons (Fsp3) is 0.533. The number of carboxylic acid groups (broad SMARTS) is 1. The molecule has 1 saturated carbocycles. The van der Waals surface area contributed by atoms with Gasteiger partial charge in [0, 0.05) is 6.04 Å². The van der Waals surface area contributed by atoms with Crippen LogP contribution in [0.3, 0.4) is 0 Å². The van der Waals surface area contributed by atoms with Crippen LogP contribution < -0.4 is 11.1 Å². The van der Waals surface area contributed by atoms with Crippen LogP contribution in [0, 0.1) is 17.7 Å². The summed E-state index contributed by atoms with van der Waals surface area (Å²) in [5.74, 6) is -0.862. The Labute approximate surface area is 118 Å². The van der Waals surface area contributed by atoms with Crippen LogP contribution in [0.5, 0.6) is 0 Å². The lowest BCUT2D eigenvalue weighted by molar-refractivity contribution is 0.0692. The summed E-state index contributed by atoms with van der Waals surface area (Å²) in [5, 5.41) is 12.1. The van der Waals surface area contributed by atoms with E-state index in [0.717, 1.165) is 19.3 Å². The Kier molecular flexibility index (Phi) is 4.16. The maximum atomic E-state index is 13.7. The zero-order valence-electron chi connectivity index (χ0n) is 11.8. The van der Waals surface area contributed by atoms with Crippen molar-refractivity contribution in [1.82, 2.24) is 0 Å². The van der Waals surface area contributed by atoms with Crippen LogP contribution in [0.4, 0.5) is 15.8 Å². The Morgan fingerprint density at radius 1 is 1.40 bits per heavy atom. The molecule has 0 saturated heterocycles. The van der Waals surface area contributed by atoms with Crippen LogP contribution in [0.25, 0.3) is 0 Å². The zero-order chi connectivity index (χ0) is 14.9.